The minimum atomic E-state index is -4.52. The van der Waals surface area contributed by atoms with E-state index < -0.39 is 10.3 Å². The topological polar surface area (TPSA) is 77.8 Å². The van der Waals surface area contributed by atoms with E-state index in [9.17, 15) is 18.1 Å². The van der Waals surface area contributed by atoms with Crippen LogP contribution in [0.2, 0.25) is 0 Å². The van der Waals surface area contributed by atoms with Gasteiger partial charge < -0.3 is 5.11 Å². The molecule has 6 heteroatoms. The summed E-state index contributed by atoms with van der Waals surface area (Å²) in [4.78, 5) is 0. The fraction of sp³-hybridized carbons (Fsp3) is 0. The van der Waals surface area contributed by atoms with Crippen LogP contribution in [0, 0.1) is 0 Å². The molecule has 0 aliphatic carbocycles. The van der Waals surface area contributed by atoms with Crippen LogP contribution >= 0.6 is 0 Å². The Kier molecular flexibility index (Phi) is 3.22. The summed E-state index contributed by atoms with van der Waals surface area (Å²) < 4.78 is 32.9. The minimum Gasteiger partial charge on any atom is -0.506 e. The maximum atomic E-state index is 11.5. The number of para-hydroxylation sites is 3. The molecule has 0 aliphatic heterocycles. The third-order valence-corrected chi connectivity index (χ3v) is 3.19. The summed E-state index contributed by atoms with van der Waals surface area (Å²) in [6, 6.07) is 13.9. The molecule has 0 spiro atoms. The van der Waals surface area contributed by atoms with Crippen molar-refractivity contribution in [3.8, 4) is 5.75 Å². The van der Waals surface area contributed by atoms with Crippen molar-refractivity contribution in [1.29, 1.82) is 0 Å². The summed E-state index contributed by atoms with van der Waals surface area (Å²) in [6.45, 7) is 0. The van der Waals surface area contributed by atoms with Gasteiger partial charge in [0.1, 0.15) is 11.4 Å². The Balaban J connectivity index is 2.63. The molecule has 2 aromatic carbocycles. The van der Waals surface area contributed by atoms with Crippen LogP contribution in [-0.4, -0.2) is 18.1 Å². The summed E-state index contributed by atoms with van der Waals surface area (Å²) in [5.74, 6) is -0.237. The molecule has 5 nitrogen and oxygen atoms in total. The number of phenolic OH excluding ortho intramolecular Hbond substituents is 1. The number of hydrogen-bond donors (Lipinski definition) is 2. The molecule has 18 heavy (non-hydrogen) atoms. The van der Waals surface area contributed by atoms with Crippen LogP contribution in [-0.2, 0) is 10.3 Å². The second-order valence-corrected chi connectivity index (χ2v) is 4.83. The summed E-state index contributed by atoms with van der Waals surface area (Å²) in [7, 11) is -4.52. The van der Waals surface area contributed by atoms with E-state index in [1.165, 1.54) is 24.3 Å². The van der Waals surface area contributed by atoms with Crippen molar-refractivity contribution in [2.24, 2.45) is 0 Å². The highest BCUT2D eigenvalue weighted by atomic mass is 32.2. The molecule has 2 N–H and O–H groups in total. The SMILES string of the molecule is O=S(=O)(O)N(c1ccccc1)c1ccccc1O. The van der Waals surface area contributed by atoms with Crippen molar-refractivity contribution in [2.75, 3.05) is 4.31 Å². The molecule has 0 aromatic heterocycles. The second kappa shape index (κ2) is 4.67. The highest BCUT2D eigenvalue weighted by molar-refractivity contribution is 7.87. The summed E-state index contributed by atoms with van der Waals surface area (Å²) in [5, 5.41) is 9.69. The second-order valence-electron chi connectivity index (χ2n) is 3.57. The third kappa shape index (κ3) is 2.44. The molecule has 0 saturated heterocycles. The average molecular weight is 265 g/mol. The van der Waals surface area contributed by atoms with Gasteiger partial charge in [-0.25, -0.2) is 4.31 Å². The first-order valence-corrected chi connectivity index (χ1v) is 6.50. The molecule has 94 valence electrons. The van der Waals surface area contributed by atoms with Gasteiger partial charge in [0.2, 0.25) is 0 Å². The Hall–Kier alpha value is -2.05. The van der Waals surface area contributed by atoms with Gasteiger partial charge in [-0.2, -0.15) is 8.42 Å². The first-order valence-electron chi connectivity index (χ1n) is 5.11. The van der Waals surface area contributed by atoms with Crippen LogP contribution in [0.5, 0.6) is 5.75 Å². The fourth-order valence-electron chi connectivity index (χ4n) is 1.60. The molecule has 0 radical (unpaired) electrons. The minimum absolute atomic E-state index is 0.00815. The average Bonchev–Trinajstić information content (AvgIpc) is 2.32. The number of benzene rings is 2. The zero-order chi connectivity index (χ0) is 13.2. The van der Waals surface area contributed by atoms with Gasteiger partial charge in [0.15, 0.2) is 0 Å². The molecule has 2 aromatic rings. The lowest BCUT2D eigenvalue weighted by molar-refractivity contribution is 0.469. The van der Waals surface area contributed by atoms with E-state index in [1.807, 2.05) is 0 Å². The predicted octanol–water partition coefficient (Wildman–Crippen LogP) is 2.33. The Morgan fingerprint density at radius 3 is 2.00 bits per heavy atom. The number of aromatic hydroxyl groups is 1. The van der Waals surface area contributed by atoms with Crippen LogP contribution < -0.4 is 4.31 Å². The predicted molar refractivity (Wildman–Crippen MR) is 68.2 cm³/mol. The Morgan fingerprint density at radius 1 is 0.889 bits per heavy atom. The lowest BCUT2D eigenvalue weighted by atomic mass is 10.2. The van der Waals surface area contributed by atoms with Gasteiger partial charge in [-0.15, -0.1) is 0 Å². The molecule has 0 saturated carbocycles. The van der Waals surface area contributed by atoms with Crippen molar-refractivity contribution in [3.05, 3.63) is 54.6 Å². The standard InChI is InChI=1S/C12H11NO4S/c14-12-9-5-4-8-11(12)13(18(15,16)17)10-6-2-1-3-7-10/h1-9,14H,(H,15,16,17). The molecule has 2 rings (SSSR count). The molecule has 0 unspecified atom stereocenters. The van der Waals surface area contributed by atoms with E-state index in [2.05, 4.69) is 0 Å². The largest absolute Gasteiger partial charge is 0.506 e. The molecular formula is C12H11NO4S. The van der Waals surface area contributed by atoms with E-state index >= 15 is 0 Å². The summed E-state index contributed by atoms with van der Waals surface area (Å²) in [6.07, 6.45) is 0. The quantitative estimate of drug-likeness (QED) is 0.835. The van der Waals surface area contributed by atoms with E-state index in [1.54, 1.807) is 30.3 Å². The van der Waals surface area contributed by atoms with E-state index in [4.69, 9.17) is 0 Å². The van der Waals surface area contributed by atoms with Crippen molar-refractivity contribution < 1.29 is 18.1 Å². The molecule has 0 fully saturated rings. The van der Waals surface area contributed by atoms with Crippen LogP contribution in [0.15, 0.2) is 54.6 Å². The van der Waals surface area contributed by atoms with Crippen LogP contribution in [0.4, 0.5) is 11.4 Å². The summed E-state index contributed by atoms with van der Waals surface area (Å²) in [5.41, 5.74) is 0.229. The maximum Gasteiger partial charge on any atom is 0.364 e. The first-order chi connectivity index (χ1) is 8.50. The highest BCUT2D eigenvalue weighted by Crippen LogP contribution is 2.34. The van der Waals surface area contributed by atoms with Crippen LogP contribution in [0.3, 0.4) is 0 Å². The lowest BCUT2D eigenvalue weighted by Gasteiger charge is -2.21. The molecule has 0 bridgehead atoms. The Labute approximate surface area is 105 Å². The van der Waals surface area contributed by atoms with Gasteiger partial charge in [0.05, 0.1) is 5.69 Å². The van der Waals surface area contributed by atoms with Gasteiger partial charge >= 0.3 is 10.3 Å². The normalized spacial score (nSPS) is 11.2. The zero-order valence-corrected chi connectivity index (χ0v) is 10.1. The maximum absolute atomic E-state index is 11.5. The van der Waals surface area contributed by atoms with Gasteiger partial charge in [-0.3, -0.25) is 4.55 Å². The molecule has 0 aliphatic rings. The monoisotopic (exact) mass is 265 g/mol. The number of nitrogens with zero attached hydrogens (tertiary/aromatic N) is 1. The van der Waals surface area contributed by atoms with Crippen molar-refractivity contribution in [3.63, 3.8) is 0 Å². The smallest absolute Gasteiger partial charge is 0.364 e. The van der Waals surface area contributed by atoms with Gasteiger partial charge in [0, 0.05) is 0 Å². The number of anilines is 2. The summed E-state index contributed by atoms with van der Waals surface area (Å²) >= 11 is 0. The molecular weight excluding hydrogens is 254 g/mol. The van der Waals surface area contributed by atoms with E-state index in [0.29, 0.717) is 4.31 Å². The molecule has 0 heterocycles. The van der Waals surface area contributed by atoms with Crippen LogP contribution in [0.25, 0.3) is 0 Å². The number of phenols is 1. The number of hydrogen-bond acceptors (Lipinski definition) is 3. The highest BCUT2D eigenvalue weighted by Gasteiger charge is 2.23. The fourth-order valence-corrected chi connectivity index (χ4v) is 2.39. The molecule has 0 amide bonds. The van der Waals surface area contributed by atoms with Crippen molar-refractivity contribution in [2.45, 2.75) is 0 Å². The van der Waals surface area contributed by atoms with Crippen LogP contribution in [0.1, 0.15) is 0 Å². The number of rotatable bonds is 3. The van der Waals surface area contributed by atoms with Gasteiger partial charge in [-0.05, 0) is 24.3 Å². The van der Waals surface area contributed by atoms with E-state index in [0.717, 1.165) is 0 Å². The Morgan fingerprint density at radius 2 is 1.44 bits per heavy atom. The molecule has 0 atom stereocenters. The van der Waals surface area contributed by atoms with Gasteiger partial charge in [0.25, 0.3) is 0 Å². The zero-order valence-electron chi connectivity index (χ0n) is 9.26. The van der Waals surface area contributed by atoms with Crippen molar-refractivity contribution in [1.82, 2.24) is 0 Å². The first kappa shape index (κ1) is 12.4. The van der Waals surface area contributed by atoms with E-state index in [-0.39, 0.29) is 17.1 Å². The third-order valence-electron chi connectivity index (χ3n) is 2.32. The van der Waals surface area contributed by atoms with Crippen molar-refractivity contribution >= 4 is 21.7 Å². The lowest BCUT2D eigenvalue weighted by Crippen LogP contribution is -2.25. The Bertz CT molecular complexity index is 640. The van der Waals surface area contributed by atoms with Gasteiger partial charge in [-0.1, -0.05) is 30.3 Å².